The van der Waals surface area contributed by atoms with Gasteiger partial charge in [0.05, 0.1) is 28.3 Å². The van der Waals surface area contributed by atoms with Gasteiger partial charge in [0.1, 0.15) is 17.3 Å². The number of unbranched alkanes of at least 4 members (excludes halogenated alkanes) is 2. The number of halogens is 3. The molecule has 1 amide bonds. The molecule has 1 atom stereocenters. The summed E-state index contributed by atoms with van der Waals surface area (Å²) in [5, 5.41) is 11.8. The fraction of sp³-hybridized carbons (Fsp3) is 0.214. The molecule has 4 rings (SSSR count). The first kappa shape index (κ1) is 25.7. The van der Waals surface area contributed by atoms with Crippen LogP contribution in [0.2, 0.25) is 10.0 Å². The van der Waals surface area contributed by atoms with Crippen molar-refractivity contribution in [1.29, 1.82) is 0 Å². The van der Waals surface area contributed by atoms with Crippen LogP contribution in [0.5, 0.6) is 5.75 Å². The average Bonchev–Trinajstić information content (AvgIpc) is 3.14. The van der Waals surface area contributed by atoms with Crippen LogP contribution < -0.4 is 9.64 Å². The number of aliphatic hydroxyl groups excluding tert-OH is 1. The summed E-state index contributed by atoms with van der Waals surface area (Å²) in [6, 6.07) is 15.5. The minimum absolute atomic E-state index is 0.112. The molecule has 3 aromatic rings. The number of carbonyl (C=O) groups is 2. The molecule has 36 heavy (non-hydrogen) atoms. The summed E-state index contributed by atoms with van der Waals surface area (Å²) in [5.74, 6) is -1.91. The Kier molecular flexibility index (Phi) is 7.97. The molecule has 5 nitrogen and oxygen atoms in total. The zero-order valence-electron chi connectivity index (χ0n) is 19.5. The second-order valence-electron chi connectivity index (χ2n) is 8.40. The molecule has 0 radical (unpaired) electrons. The van der Waals surface area contributed by atoms with E-state index in [0.29, 0.717) is 34.2 Å². The van der Waals surface area contributed by atoms with Gasteiger partial charge in [0.2, 0.25) is 0 Å². The molecule has 1 aliphatic rings. The van der Waals surface area contributed by atoms with Crippen molar-refractivity contribution in [2.45, 2.75) is 32.2 Å². The standard InChI is InChI=1S/C28H24Cl2FNO4/c1-2-3-4-15-36-21-12-5-17(6-13-21)26(33)24-25(18-7-14-22(29)23(30)16-18)32(28(35)27(24)34)20-10-8-19(31)9-11-20/h5-14,16,25,33H,2-4,15H2,1H3/b26-24-. The zero-order valence-corrected chi connectivity index (χ0v) is 21.0. The number of rotatable bonds is 8. The van der Waals surface area contributed by atoms with Gasteiger partial charge in [-0.2, -0.15) is 0 Å². The van der Waals surface area contributed by atoms with Crippen molar-refractivity contribution in [3.8, 4) is 5.75 Å². The van der Waals surface area contributed by atoms with Crippen LogP contribution >= 0.6 is 23.2 Å². The number of hydrogen-bond donors (Lipinski definition) is 1. The molecule has 3 aromatic carbocycles. The lowest BCUT2D eigenvalue weighted by molar-refractivity contribution is -0.132. The first-order chi connectivity index (χ1) is 17.3. The second kappa shape index (κ2) is 11.1. The van der Waals surface area contributed by atoms with E-state index in [0.717, 1.165) is 19.3 Å². The van der Waals surface area contributed by atoms with Crippen molar-refractivity contribution >= 4 is 46.3 Å². The van der Waals surface area contributed by atoms with E-state index in [4.69, 9.17) is 27.9 Å². The van der Waals surface area contributed by atoms with Crippen molar-refractivity contribution in [3.63, 3.8) is 0 Å². The summed E-state index contributed by atoms with van der Waals surface area (Å²) < 4.78 is 19.3. The number of aliphatic hydroxyl groups is 1. The highest BCUT2D eigenvalue weighted by atomic mass is 35.5. The van der Waals surface area contributed by atoms with Crippen LogP contribution in [0.25, 0.3) is 5.76 Å². The largest absolute Gasteiger partial charge is 0.507 e. The smallest absolute Gasteiger partial charge is 0.300 e. The molecular weight excluding hydrogens is 504 g/mol. The van der Waals surface area contributed by atoms with E-state index in [-0.39, 0.29) is 16.4 Å². The number of nitrogens with zero attached hydrogens (tertiary/aromatic N) is 1. The Morgan fingerprint density at radius 1 is 0.972 bits per heavy atom. The second-order valence-corrected chi connectivity index (χ2v) is 9.21. The molecular formula is C28H24Cl2FNO4. The molecule has 1 fully saturated rings. The first-order valence-corrected chi connectivity index (χ1v) is 12.3. The summed E-state index contributed by atoms with van der Waals surface area (Å²) >= 11 is 12.3. The van der Waals surface area contributed by atoms with Crippen molar-refractivity contribution in [2.75, 3.05) is 11.5 Å². The average molecular weight is 528 g/mol. The van der Waals surface area contributed by atoms with Crippen LogP contribution in [0.3, 0.4) is 0 Å². The molecule has 1 aliphatic heterocycles. The predicted octanol–water partition coefficient (Wildman–Crippen LogP) is 7.33. The van der Waals surface area contributed by atoms with Crippen molar-refractivity contribution in [2.24, 2.45) is 0 Å². The molecule has 0 aromatic heterocycles. The van der Waals surface area contributed by atoms with E-state index >= 15 is 0 Å². The van der Waals surface area contributed by atoms with Crippen LogP contribution in [0.1, 0.15) is 43.4 Å². The SMILES string of the molecule is CCCCCOc1ccc(/C(O)=C2/C(=O)C(=O)N(c3ccc(F)cc3)C2c2ccc(Cl)c(Cl)c2)cc1. The summed E-state index contributed by atoms with van der Waals surface area (Å²) in [5.41, 5.74) is 0.993. The maximum absolute atomic E-state index is 13.6. The Morgan fingerprint density at radius 2 is 1.67 bits per heavy atom. The van der Waals surface area contributed by atoms with Crippen molar-refractivity contribution in [1.82, 2.24) is 0 Å². The number of anilines is 1. The fourth-order valence-electron chi connectivity index (χ4n) is 4.11. The Hall–Kier alpha value is -3.35. The summed E-state index contributed by atoms with van der Waals surface area (Å²) in [6.45, 7) is 2.70. The molecule has 8 heteroatoms. The first-order valence-electron chi connectivity index (χ1n) is 11.6. The topological polar surface area (TPSA) is 66.8 Å². The Balaban J connectivity index is 1.77. The van der Waals surface area contributed by atoms with Gasteiger partial charge in [-0.3, -0.25) is 14.5 Å². The third-order valence-corrected chi connectivity index (χ3v) is 6.69. The minimum atomic E-state index is -1.00. The molecule has 0 aliphatic carbocycles. The number of ether oxygens (including phenoxy) is 1. The third-order valence-electron chi connectivity index (χ3n) is 5.95. The van der Waals surface area contributed by atoms with Gasteiger partial charge in [0.25, 0.3) is 11.7 Å². The van der Waals surface area contributed by atoms with Crippen LogP contribution in [0.15, 0.2) is 72.3 Å². The molecule has 0 spiro atoms. The van der Waals surface area contributed by atoms with Crippen LogP contribution in [0.4, 0.5) is 10.1 Å². The lowest BCUT2D eigenvalue weighted by atomic mass is 9.95. The summed E-state index contributed by atoms with van der Waals surface area (Å²) in [4.78, 5) is 27.6. The predicted molar refractivity (Wildman–Crippen MR) is 139 cm³/mol. The highest BCUT2D eigenvalue weighted by molar-refractivity contribution is 6.51. The minimum Gasteiger partial charge on any atom is -0.507 e. The van der Waals surface area contributed by atoms with Crippen LogP contribution in [0, 0.1) is 5.82 Å². The van der Waals surface area contributed by atoms with E-state index in [1.54, 1.807) is 36.4 Å². The molecule has 1 unspecified atom stereocenters. The zero-order chi connectivity index (χ0) is 25.8. The number of amides is 1. The quantitative estimate of drug-likeness (QED) is 0.144. The summed E-state index contributed by atoms with van der Waals surface area (Å²) in [6.07, 6.45) is 3.10. The van der Waals surface area contributed by atoms with E-state index in [9.17, 15) is 19.1 Å². The molecule has 1 saturated heterocycles. The molecule has 0 saturated carbocycles. The van der Waals surface area contributed by atoms with E-state index in [2.05, 4.69) is 6.92 Å². The van der Waals surface area contributed by atoms with E-state index in [1.165, 1.54) is 35.2 Å². The number of ketones is 1. The van der Waals surface area contributed by atoms with Gasteiger partial charge < -0.3 is 9.84 Å². The third kappa shape index (κ3) is 5.25. The Morgan fingerprint density at radius 3 is 2.31 bits per heavy atom. The fourth-order valence-corrected chi connectivity index (χ4v) is 4.41. The summed E-state index contributed by atoms with van der Waals surface area (Å²) in [7, 11) is 0. The highest BCUT2D eigenvalue weighted by Gasteiger charge is 2.47. The van der Waals surface area contributed by atoms with Gasteiger partial charge in [-0.15, -0.1) is 0 Å². The molecule has 1 heterocycles. The van der Waals surface area contributed by atoms with Crippen LogP contribution in [-0.4, -0.2) is 23.4 Å². The van der Waals surface area contributed by atoms with Gasteiger partial charge in [0.15, 0.2) is 0 Å². The van der Waals surface area contributed by atoms with Gasteiger partial charge >= 0.3 is 0 Å². The Labute approximate surface area is 218 Å². The van der Waals surface area contributed by atoms with Gasteiger partial charge in [-0.05, 0) is 72.6 Å². The number of benzene rings is 3. The lowest BCUT2D eigenvalue weighted by Gasteiger charge is -2.25. The molecule has 186 valence electrons. The van der Waals surface area contributed by atoms with Gasteiger partial charge in [-0.25, -0.2) is 4.39 Å². The lowest BCUT2D eigenvalue weighted by Crippen LogP contribution is -2.29. The van der Waals surface area contributed by atoms with Crippen LogP contribution in [-0.2, 0) is 9.59 Å². The van der Waals surface area contributed by atoms with Gasteiger partial charge in [-0.1, -0.05) is 49.0 Å². The molecule has 0 bridgehead atoms. The normalized spacial score (nSPS) is 17.0. The Bertz CT molecular complexity index is 1310. The van der Waals surface area contributed by atoms with Crippen molar-refractivity contribution in [3.05, 3.63) is 99.3 Å². The highest BCUT2D eigenvalue weighted by Crippen LogP contribution is 2.43. The maximum atomic E-state index is 13.6. The molecule has 1 N–H and O–H groups in total. The van der Waals surface area contributed by atoms with Crippen molar-refractivity contribution < 1.29 is 23.8 Å². The number of carbonyl (C=O) groups excluding carboxylic acids is 2. The van der Waals surface area contributed by atoms with E-state index in [1.807, 2.05) is 0 Å². The maximum Gasteiger partial charge on any atom is 0.300 e. The monoisotopic (exact) mass is 527 g/mol. The van der Waals surface area contributed by atoms with E-state index < -0.39 is 23.5 Å². The number of Topliss-reactive ketones (excluding diaryl/α,β-unsaturated/α-hetero) is 1. The number of hydrogen-bond acceptors (Lipinski definition) is 4. The van der Waals surface area contributed by atoms with Gasteiger partial charge in [0, 0.05) is 11.3 Å².